The Morgan fingerprint density at radius 3 is 2.14 bits per heavy atom. The molecule has 0 heterocycles. The van der Waals surface area contributed by atoms with Gasteiger partial charge in [-0.2, -0.15) is 0 Å². The zero-order chi connectivity index (χ0) is 14.8. The van der Waals surface area contributed by atoms with Crippen LogP contribution >= 0.6 is 0 Å². The molecule has 0 aromatic carbocycles. The Kier molecular flexibility index (Phi) is 8.68. The van der Waals surface area contributed by atoms with Crippen LogP contribution in [0.5, 0.6) is 0 Å². The van der Waals surface area contributed by atoms with Crippen molar-refractivity contribution in [1.82, 2.24) is 0 Å². The van der Waals surface area contributed by atoms with Gasteiger partial charge < -0.3 is 8.85 Å². The Labute approximate surface area is 133 Å². The summed E-state index contributed by atoms with van der Waals surface area (Å²) >= 11 is 0. The van der Waals surface area contributed by atoms with Crippen molar-refractivity contribution in [3.63, 3.8) is 0 Å². The first-order valence-corrected chi connectivity index (χ1v) is 10.9. The van der Waals surface area contributed by atoms with E-state index < -0.39 is 9.28 Å². The number of hydrogen-bond donors (Lipinski definition) is 0. The lowest BCUT2D eigenvalue weighted by Gasteiger charge is -2.27. The van der Waals surface area contributed by atoms with Gasteiger partial charge in [-0.15, -0.1) is 0 Å². The van der Waals surface area contributed by atoms with E-state index in [9.17, 15) is 0 Å². The normalized spacial score (nSPS) is 24.2. The first kappa shape index (κ1) is 17.2. The van der Waals surface area contributed by atoms with Crippen LogP contribution in [0, 0.1) is 5.92 Å². The fourth-order valence-electron chi connectivity index (χ4n) is 3.79. The molecule has 0 bridgehead atoms. The number of hydrogen-bond acceptors (Lipinski definition) is 2. The van der Waals surface area contributed by atoms with E-state index in [1.807, 2.05) is 0 Å². The van der Waals surface area contributed by atoms with Crippen LogP contribution < -0.4 is 0 Å². The summed E-state index contributed by atoms with van der Waals surface area (Å²) in [7, 11) is -1.45. The SMILES string of the molecule is CCO[SiH](OCC=CC1CCCCCC1)C1CCCCC1. The van der Waals surface area contributed by atoms with E-state index in [0.717, 1.165) is 24.7 Å². The van der Waals surface area contributed by atoms with Crippen LogP contribution in [0.1, 0.15) is 77.6 Å². The monoisotopic (exact) mass is 310 g/mol. The van der Waals surface area contributed by atoms with Gasteiger partial charge in [0.2, 0.25) is 0 Å². The van der Waals surface area contributed by atoms with Gasteiger partial charge in [0.05, 0.1) is 6.61 Å². The molecular weight excluding hydrogens is 276 g/mol. The third-order valence-corrected chi connectivity index (χ3v) is 7.65. The molecule has 3 heteroatoms. The molecule has 0 amide bonds. The van der Waals surface area contributed by atoms with Crippen LogP contribution in [-0.2, 0) is 8.85 Å². The van der Waals surface area contributed by atoms with Gasteiger partial charge in [0.1, 0.15) is 0 Å². The van der Waals surface area contributed by atoms with Gasteiger partial charge in [0.15, 0.2) is 0 Å². The molecule has 0 saturated heterocycles. The van der Waals surface area contributed by atoms with E-state index in [4.69, 9.17) is 8.85 Å². The van der Waals surface area contributed by atoms with Gasteiger partial charge in [-0.25, -0.2) is 0 Å². The molecule has 122 valence electrons. The van der Waals surface area contributed by atoms with Crippen LogP contribution in [0.2, 0.25) is 5.54 Å². The Morgan fingerprint density at radius 1 is 0.857 bits per heavy atom. The highest BCUT2D eigenvalue weighted by Crippen LogP contribution is 2.32. The maximum atomic E-state index is 6.17. The highest BCUT2D eigenvalue weighted by molar-refractivity contribution is 6.46. The third kappa shape index (κ3) is 6.66. The van der Waals surface area contributed by atoms with Crippen molar-refractivity contribution in [1.29, 1.82) is 0 Å². The summed E-state index contributed by atoms with van der Waals surface area (Å²) in [6, 6.07) is 0. The Bertz CT molecular complexity index is 279. The fraction of sp³-hybridized carbons (Fsp3) is 0.889. The van der Waals surface area contributed by atoms with Crippen LogP contribution in [0.3, 0.4) is 0 Å². The minimum absolute atomic E-state index is 0.755. The largest absolute Gasteiger partial charge is 0.397 e. The van der Waals surface area contributed by atoms with E-state index in [1.165, 1.54) is 70.6 Å². The van der Waals surface area contributed by atoms with Crippen molar-refractivity contribution in [3.05, 3.63) is 12.2 Å². The van der Waals surface area contributed by atoms with Gasteiger partial charge in [0.25, 0.3) is 0 Å². The number of allylic oxidation sites excluding steroid dienone is 1. The van der Waals surface area contributed by atoms with Gasteiger partial charge >= 0.3 is 9.28 Å². The van der Waals surface area contributed by atoms with Crippen LogP contribution in [0.15, 0.2) is 12.2 Å². The van der Waals surface area contributed by atoms with E-state index in [0.29, 0.717) is 0 Å². The Morgan fingerprint density at radius 2 is 1.48 bits per heavy atom. The minimum Gasteiger partial charge on any atom is -0.397 e. The summed E-state index contributed by atoms with van der Waals surface area (Å²) in [6.07, 6.45) is 20.0. The summed E-state index contributed by atoms with van der Waals surface area (Å²) in [6.45, 7) is 3.71. The smallest absolute Gasteiger partial charge is 0.324 e. The van der Waals surface area contributed by atoms with E-state index in [-0.39, 0.29) is 0 Å². The fourth-order valence-corrected chi connectivity index (χ4v) is 6.08. The average molecular weight is 311 g/mol. The minimum atomic E-state index is -1.45. The molecule has 1 unspecified atom stereocenters. The molecule has 2 saturated carbocycles. The van der Waals surface area contributed by atoms with E-state index >= 15 is 0 Å². The first-order chi connectivity index (χ1) is 10.4. The lowest BCUT2D eigenvalue weighted by atomic mass is 10.0. The molecule has 2 fully saturated rings. The second-order valence-corrected chi connectivity index (χ2v) is 9.08. The molecule has 2 rings (SSSR count). The Hall–Kier alpha value is -0.123. The summed E-state index contributed by atoms with van der Waals surface area (Å²) in [5.41, 5.74) is 0.755. The highest BCUT2D eigenvalue weighted by atomic mass is 28.3. The van der Waals surface area contributed by atoms with Crippen LogP contribution in [0.25, 0.3) is 0 Å². The molecule has 21 heavy (non-hydrogen) atoms. The van der Waals surface area contributed by atoms with Crippen molar-refractivity contribution in [2.45, 2.75) is 83.1 Å². The summed E-state index contributed by atoms with van der Waals surface area (Å²) in [5.74, 6) is 0.804. The lowest BCUT2D eigenvalue weighted by molar-refractivity contribution is 0.204. The van der Waals surface area contributed by atoms with Crippen molar-refractivity contribution in [3.8, 4) is 0 Å². The molecule has 0 aliphatic heterocycles. The second kappa shape index (κ2) is 10.6. The molecule has 2 nitrogen and oxygen atoms in total. The average Bonchev–Trinajstić information content (AvgIpc) is 2.80. The molecule has 0 N–H and O–H groups in total. The molecule has 0 aromatic rings. The topological polar surface area (TPSA) is 18.5 Å². The molecular formula is C18H34O2Si. The number of rotatable bonds is 7. The second-order valence-electron chi connectivity index (χ2n) is 6.73. The van der Waals surface area contributed by atoms with Crippen LogP contribution in [0.4, 0.5) is 0 Å². The summed E-state index contributed by atoms with van der Waals surface area (Å²) in [4.78, 5) is 0. The van der Waals surface area contributed by atoms with Gasteiger partial charge in [-0.05, 0) is 44.1 Å². The summed E-state index contributed by atoms with van der Waals surface area (Å²) < 4.78 is 12.2. The van der Waals surface area contributed by atoms with E-state index in [1.54, 1.807) is 0 Å². The first-order valence-electron chi connectivity index (χ1n) is 9.30. The maximum absolute atomic E-state index is 6.17. The molecule has 1 atom stereocenters. The zero-order valence-corrected chi connectivity index (χ0v) is 15.1. The quantitative estimate of drug-likeness (QED) is 0.369. The van der Waals surface area contributed by atoms with Crippen molar-refractivity contribution >= 4 is 9.28 Å². The maximum Gasteiger partial charge on any atom is 0.324 e. The molecule has 0 spiro atoms. The van der Waals surface area contributed by atoms with Gasteiger partial charge in [-0.3, -0.25) is 0 Å². The van der Waals surface area contributed by atoms with Crippen molar-refractivity contribution in [2.75, 3.05) is 13.2 Å². The van der Waals surface area contributed by atoms with Crippen molar-refractivity contribution in [2.24, 2.45) is 5.92 Å². The molecule has 0 radical (unpaired) electrons. The van der Waals surface area contributed by atoms with Gasteiger partial charge in [0, 0.05) is 6.61 Å². The third-order valence-electron chi connectivity index (χ3n) is 5.03. The summed E-state index contributed by atoms with van der Waals surface area (Å²) in [5, 5.41) is 0. The van der Waals surface area contributed by atoms with Gasteiger partial charge in [-0.1, -0.05) is 57.1 Å². The molecule has 2 aliphatic rings. The zero-order valence-electron chi connectivity index (χ0n) is 13.9. The van der Waals surface area contributed by atoms with Crippen LogP contribution in [-0.4, -0.2) is 22.5 Å². The van der Waals surface area contributed by atoms with Crippen molar-refractivity contribution < 1.29 is 8.85 Å². The molecule has 2 aliphatic carbocycles. The standard InChI is InChI=1S/C18H34O2Si/c1-2-19-21(18-14-8-5-9-15-18)20-16-10-13-17-11-6-3-4-7-12-17/h10,13,17-18,21H,2-9,11-12,14-16H2,1H3. The lowest BCUT2D eigenvalue weighted by Crippen LogP contribution is -2.30. The molecule has 0 aromatic heterocycles. The van der Waals surface area contributed by atoms with E-state index in [2.05, 4.69) is 19.1 Å². The highest BCUT2D eigenvalue weighted by Gasteiger charge is 2.27. The predicted molar refractivity (Wildman–Crippen MR) is 91.9 cm³/mol. The predicted octanol–water partition coefficient (Wildman–Crippen LogP) is 5.12. The Balaban J connectivity index is 1.70.